The molecule has 3 aromatic rings. The summed E-state index contributed by atoms with van der Waals surface area (Å²) in [6.07, 6.45) is 1.06. The summed E-state index contributed by atoms with van der Waals surface area (Å²) in [5.41, 5.74) is 4.49. The molecule has 0 saturated carbocycles. The van der Waals surface area contributed by atoms with Crippen molar-refractivity contribution in [1.29, 1.82) is 0 Å². The fraction of sp³-hybridized carbons (Fsp3) is 0.400. The average molecular weight is 436 g/mol. The van der Waals surface area contributed by atoms with Crippen LogP contribution in [0, 0.1) is 0 Å². The van der Waals surface area contributed by atoms with E-state index in [1.165, 1.54) is 16.8 Å². The van der Waals surface area contributed by atoms with Crippen LogP contribution in [-0.4, -0.2) is 64.4 Å². The molecule has 168 valence electrons. The number of rotatable bonds is 6. The lowest BCUT2D eigenvalue weighted by Crippen LogP contribution is -2.43. The van der Waals surface area contributed by atoms with E-state index in [1.807, 2.05) is 18.2 Å². The zero-order valence-corrected chi connectivity index (χ0v) is 18.6. The lowest BCUT2D eigenvalue weighted by atomic mass is 10.0. The lowest BCUT2D eigenvalue weighted by molar-refractivity contribution is 0.0161. The number of benzene rings is 2. The largest absolute Gasteiger partial charge is 0.493 e. The van der Waals surface area contributed by atoms with E-state index in [0.717, 1.165) is 31.4 Å². The zero-order valence-electron chi connectivity index (χ0n) is 18.6. The first-order valence-electron chi connectivity index (χ1n) is 11.1. The molecular formula is C25H29N3O4. The highest BCUT2D eigenvalue weighted by Crippen LogP contribution is 2.32. The Morgan fingerprint density at radius 2 is 2.00 bits per heavy atom. The molecule has 1 N–H and O–H groups in total. The SMILES string of the molecule is COc1cccc2cc(C(=O)NCC(c3ccc4c(c3)CCN4C)N3CCOCC3)oc12. The van der Waals surface area contributed by atoms with Crippen LogP contribution in [-0.2, 0) is 11.2 Å². The highest BCUT2D eigenvalue weighted by Gasteiger charge is 2.26. The Labute approximate surface area is 187 Å². The van der Waals surface area contributed by atoms with Crippen molar-refractivity contribution < 1.29 is 18.7 Å². The average Bonchev–Trinajstić information content (AvgIpc) is 3.43. The Kier molecular flexibility index (Phi) is 5.76. The third-order valence-electron chi connectivity index (χ3n) is 6.51. The number of ether oxygens (including phenoxy) is 2. The van der Waals surface area contributed by atoms with Gasteiger partial charge in [0.05, 0.1) is 26.4 Å². The van der Waals surface area contributed by atoms with Gasteiger partial charge in [-0.3, -0.25) is 9.69 Å². The summed E-state index contributed by atoms with van der Waals surface area (Å²) >= 11 is 0. The minimum Gasteiger partial charge on any atom is -0.493 e. The van der Waals surface area contributed by atoms with Crippen LogP contribution in [0.5, 0.6) is 5.75 Å². The second-order valence-electron chi connectivity index (χ2n) is 8.42. The van der Waals surface area contributed by atoms with Crippen molar-refractivity contribution >= 4 is 22.6 Å². The van der Waals surface area contributed by atoms with Gasteiger partial charge in [-0.15, -0.1) is 0 Å². The molecule has 1 aromatic heterocycles. The smallest absolute Gasteiger partial charge is 0.287 e. The summed E-state index contributed by atoms with van der Waals surface area (Å²) in [5.74, 6) is 0.694. The first kappa shape index (κ1) is 20.8. The van der Waals surface area contributed by atoms with Crippen molar-refractivity contribution in [3.63, 3.8) is 0 Å². The van der Waals surface area contributed by atoms with Crippen LogP contribution in [0.25, 0.3) is 11.0 Å². The van der Waals surface area contributed by atoms with E-state index in [-0.39, 0.29) is 11.9 Å². The summed E-state index contributed by atoms with van der Waals surface area (Å²) in [5, 5.41) is 3.95. The molecule has 0 aliphatic carbocycles. The molecule has 1 amide bonds. The zero-order chi connectivity index (χ0) is 22.1. The Bertz CT molecular complexity index is 1120. The molecule has 0 radical (unpaired) electrons. The first-order valence-corrected chi connectivity index (χ1v) is 11.1. The monoisotopic (exact) mass is 435 g/mol. The number of likely N-dealkylation sites (N-methyl/N-ethyl adjacent to an activating group) is 1. The molecule has 1 saturated heterocycles. The molecule has 2 aromatic carbocycles. The Morgan fingerprint density at radius 3 is 2.81 bits per heavy atom. The van der Waals surface area contributed by atoms with Crippen molar-refractivity contribution in [3.05, 3.63) is 59.4 Å². The van der Waals surface area contributed by atoms with Gasteiger partial charge in [-0.25, -0.2) is 0 Å². The van der Waals surface area contributed by atoms with Crippen molar-refractivity contribution in [2.24, 2.45) is 0 Å². The molecule has 1 atom stereocenters. The van der Waals surface area contributed by atoms with E-state index >= 15 is 0 Å². The van der Waals surface area contributed by atoms with Crippen LogP contribution in [0.2, 0.25) is 0 Å². The Balaban J connectivity index is 1.37. The standard InChI is InChI=1S/C25H29N3O4/c1-27-9-8-18-14-17(6-7-20(18)27)21(28-10-12-31-13-11-28)16-26-25(29)23-15-19-4-3-5-22(30-2)24(19)32-23/h3-7,14-15,21H,8-13,16H2,1-2H3,(H,26,29). The molecule has 0 spiro atoms. The second kappa shape index (κ2) is 8.84. The summed E-state index contributed by atoms with van der Waals surface area (Å²) in [4.78, 5) is 17.7. The minimum absolute atomic E-state index is 0.0815. The number of methoxy groups -OCH3 is 1. The normalized spacial score (nSPS) is 17.4. The van der Waals surface area contributed by atoms with Crippen LogP contribution >= 0.6 is 0 Å². The maximum Gasteiger partial charge on any atom is 0.287 e. The number of nitrogens with one attached hydrogen (secondary N) is 1. The molecule has 1 unspecified atom stereocenters. The number of hydrogen-bond acceptors (Lipinski definition) is 6. The predicted octanol–water partition coefficient (Wildman–Crippen LogP) is 3.24. The van der Waals surface area contributed by atoms with E-state index in [4.69, 9.17) is 13.9 Å². The van der Waals surface area contributed by atoms with Gasteiger partial charge in [-0.2, -0.15) is 0 Å². The van der Waals surface area contributed by atoms with Gasteiger partial charge < -0.3 is 24.1 Å². The maximum atomic E-state index is 13.0. The number of para-hydroxylation sites is 1. The molecule has 2 aliphatic rings. The number of nitrogens with zero attached hydrogens (tertiary/aromatic N) is 2. The minimum atomic E-state index is -0.220. The predicted molar refractivity (Wildman–Crippen MR) is 124 cm³/mol. The number of morpholine rings is 1. The number of anilines is 1. The fourth-order valence-corrected chi connectivity index (χ4v) is 4.73. The third-order valence-corrected chi connectivity index (χ3v) is 6.51. The summed E-state index contributed by atoms with van der Waals surface area (Å²) in [6, 6.07) is 14.2. The fourth-order valence-electron chi connectivity index (χ4n) is 4.73. The van der Waals surface area contributed by atoms with Crippen molar-refractivity contribution in [1.82, 2.24) is 10.2 Å². The van der Waals surface area contributed by atoms with E-state index < -0.39 is 0 Å². The summed E-state index contributed by atoms with van der Waals surface area (Å²) < 4.78 is 16.7. The van der Waals surface area contributed by atoms with Crippen molar-refractivity contribution in [2.75, 3.05) is 58.5 Å². The number of hydrogen-bond donors (Lipinski definition) is 1. The summed E-state index contributed by atoms with van der Waals surface area (Å²) in [7, 11) is 3.73. The van der Waals surface area contributed by atoms with Crippen LogP contribution in [0.4, 0.5) is 5.69 Å². The van der Waals surface area contributed by atoms with Gasteiger partial charge in [0.2, 0.25) is 0 Å². The lowest BCUT2D eigenvalue weighted by Gasteiger charge is -2.35. The third kappa shape index (κ3) is 3.94. The molecule has 2 aliphatic heterocycles. The van der Waals surface area contributed by atoms with E-state index in [2.05, 4.69) is 40.4 Å². The van der Waals surface area contributed by atoms with Crippen LogP contribution in [0.3, 0.4) is 0 Å². The molecule has 3 heterocycles. The highest BCUT2D eigenvalue weighted by atomic mass is 16.5. The van der Waals surface area contributed by atoms with Crippen molar-refractivity contribution in [2.45, 2.75) is 12.5 Å². The summed E-state index contributed by atoms with van der Waals surface area (Å²) in [6.45, 7) is 4.66. The van der Waals surface area contributed by atoms with Gasteiger partial charge in [-0.1, -0.05) is 24.3 Å². The van der Waals surface area contributed by atoms with Gasteiger partial charge in [0.1, 0.15) is 0 Å². The number of furan rings is 1. The molecule has 7 heteroatoms. The highest BCUT2D eigenvalue weighted by molar-refractivity contribution is 5.97. The molecule has 5 rings (SSSR count). The first-order chi connectivity index (χ1) is 15.6. The van der Waals surface area contributed by atoms with E-state index in [0.29, 0.717) is 36.9 Å². The molecule has 1 fully saturated rings. The molecular weight excluding hydrogens is 406 g/mol. The molecule has 32 heavy (non-hydrogen) atoms. The Morgan fingerprint density at radius 1 is 1.16 bits per heavy atom. The van der Waals surface area contributed by atoms with Gasteiger partial charge in [-0.05, 0) is 35.7 Å². The second-order valence-corrected chi connectivity index (χ2v) is 8.42. The molecule has 0 bridgehead atoms. The van der Waals surface area contributed by atoms with Crippen LogP contribution in [0.15, 0.2) is 46.9 Å². The van der Waals surface area contributed by atoms with Crippen LogP contribution < -0.4 is 15.0 Å². The van der Waals surface area contributed by atoms with E-state index in [1.54, 1.807) is 13.2 Å². The quantitative estimate of drug-likeness (QED) is 0.641. The van der Waals surface area contributed by atoms with Crippen molar-refractivity contribution in [3.8, 4) is 5.75 Å². The van der Waals surface area contributed by atoms with E-state index in [9.17, 15) is 4.79 Å². The van der Waals surface area contributed by atoms with Gasteiger partial charge in [0, 0.05) is 44.3 Å². The van der Waals surface area contributed by atoms with Gasteiger partial charge in [0.15, 0.2) is 17.1 Å². The topological polar surface area (TPSA) is 67.2 Å². The number of carbonyl (C=O) groups is 1. The molecule has 7 nitrogen and oxygen atoms in total. The van der Waals surface area contributed by atoms with Gasteiger partial charge >= 0.3 is 0 Å². The number of carbonyl (C=O) groups excluding carboxylic acids is 1. The van der Waals surface area contributed by atoms with Crippen LogP contribution in [0.1, 0.15) is 27.7 Å². The van der Waals surface area contributed by atoms with Gasteiger partial charge in [0.25, 0.3) is 5.91 Å². The maximum absolute atomic E-state index is 13.0. The number of fused-ring (bicyclic) bond motifs is 2. The number of amides is 1. The Hall–Kier alpha value is -3.03.